The summed E-state index contributed by atoms with van der Waals surface area (Å²) >= 11 is -0.644. The summed E-state index contributed by atoms with van der Waals surface area (Å²) in [7, 11) is 0. The van der Waals surface area contributed by atoms with Crippen molar-refractivity contribution in [2.24, 2.45) is 0 Å². The van der Waals surface area contributed by atoms with Crippen LogP contribution in [0, 0.1) is 0 Å². The van der Waals surface area contributed by atoms with Gasteiger partial charge in [0, 0.05) is 6.61 Å². The van der Waals surface area contributed by atoms with Crippen LogP contribution in [0.4, 0.5) is 0 Å². The normalized spacial score (nSPS) is 19.5. The molecule has 0 unspecified atom stereocenters. The molecular formula is C8H17AlO. The molecule has 58 valence electrons. The van der Waals surface area contributed by atoms with E-state index in [1.54, 1.807) is 0 Å². The van der Waals surface area contributed by atoms with Crippen molar-refractivity contribution in [3.05, 3.63) is 0 Å². The van der Waals surface area contributed by atoms with E-state index >= 15 is 0 Å². The summed E-state index contributed by atoms with van der Waals surface area (Å²) in [5.41, 5.74) is 0. The zero-order valence-corrected chi connectivity index (χ0v) is 8.09. The lowest BCUT2D eigenvalue weighted by atomic mass is 10.4. The van der Waals surface area contributed by atoms with Crippen molar-refractivity contribution in [1.29, 1.82) is 0 Å². The summed E-state index contributed by atoms with van der Waals surface area (Å²) in [6.45, 7) is 3.33. The molecule has 1 rings (SSSR count). The van der Waals surface area contributed by atoms with Crippen LogP contribution < -0.4 is 0 Å². The topological polar surface area (TPSA) is 9.23 Å². The molecule has 0 N–H and O–H groups in total. The molecule has 0 aromatic heterocycles. The van der Waals surface area contributed by atoms with Crippen LogP contribution in [0.1, 0.15) is 32.6 Å². The van der Waals surface area contributed by atoms with Gasteiger partial charge in [-0.05, 0) is 6.42 Å². The van der Waals surface area contributed by atoms with Crippen molar-refractivity contribution in [1.82, 2.24) is 0 Å². The Morgan fingerprint density at radius 2 is 2.30 bits per heavy atom. The van der Waals surface area contributed by atoms with Gasteiger partial charge in [0.2, 0.25) is 0 Å². The Hall–Kier alpha value is 0.492. The maximum absolute atomic E-state index is 5.72. The van der Waals surface area contributed by atoms with Crippen molar-refractivity contribution in [2.45, 2.75) is 43.2 Å². The van der Waals surface area contributed by atoms with Gasteiger partial charge in [0.15, 0.2) is 0 Å². The molecule has 1 heterocycles. The van der Waals surface area contributed by atoms with Crippen LogP contribution in [0.15, 0.2) is 0 Å². The van der Waals surface area contributed by atoms with E-state index in [4.69, 9.17) is 3.79 Å². The Balaban J connectivity index is 2.02. The second-order valence-corrected chi connectivity index (χ2v) is 5.86. The van der Waals surface area contributed by atoms with E-state index in [1.807, 2.05) is 0 Å². The standard InChI is InChI=1S/C4H8O.C4H9.Al/c1-2-3-4-5;1-3-4-2;/h1-4H2;1,3-4H2,2H3;/q-1;;+1. The van der Waals surface area contributed by atoms with Gasteiger partial charge < -0.3 is 3.79 Å². The van der Waals surface area contributed by atoms with Gasteiger partial charge in [-0.15, -0.1) is 0 Å². The van der Waals surface area contributed by atoms with E-state index in [1.165, 1.54) is 36.2 Å². The molecule has 0 amide bonds. The SMILES string of the molecule is CCC[CH2][Al]1[CH2]CCC[O]1. The molecule has 1 nitrogen and oxygen atoms in total. The monoisotopic (exact) mass is 156 g/mol. The molecule has 10 heavy (non-hydrogen) atoms. The van der Waals surface area contributed by atoms with Gasteiger partial charge in [0.1, 0.15) is 0 Å². The Morgan fingerprint density at radius 1 is 1.40 bits per heavy atom. The highest BCUT2D eigenvalue weighted by Crippen LogP contribution is 2.15. The summed E-state index contributed by atoms with van der Waals surface area (Å²) in [4.78, 5) is 0. The van der Waals surface area contributed by atoms with E-state index in [9.17, 15) is 0 Å². The van der Waals surface area contributed by atoms with E-state index in [0.717, 1.165) is 6.61 Å². The minimum atomic E-state index is -0.644. The maximum Gasteiger partial charge on any atom is 0.460 e. The van der Waals surface area contributed by atoms with Crippen molar-refractivity contribution in [3.8, 4) is 0 Å². The molecule has 0 saturated carbocycles. The fourth-order valence-corrected chi connectivity index (χ4v) is 4.20. The minimum absolute atomic E-state index is 0.644. The first-order chi connectivity index (χ1) is 4.93. The maximum atomic E-state index is 5.72. The van der Waals surface area contributed by atoms with Crippen molar-refractivity contribution in [2.75, 3.05) is 6.61 Å². The third-order valence-corrected chi connectivity index (χ3v) is 4.97. The second-order valence-electron chi connectivity index (χ2n) is 3.13. The quantitative estimate of drug-likeness (QED) is 0.571. The highest BCUT2D eigenvalue weighted by atomic mass is 27.2. The smallest absolute Gasteiger partial charge is 0.460 e. The number of unbranched alkanes of at least 4 members (excludes halogenated alkanes) is 1. The van der Waals surface area contributed by atoms with Gasteiger partial charge in [-0.3, -0.25) is 0 Å². The van der Waals surface area contributed by atoms with Crippen LogP contribution in [-0.2, 0) is 3.79 Å². The summed E-state index contributed by atoms with van der Waals surface area (Å²) in [5.74, 6) is 0. The lowest BCUT2D eigenvalue weighted by Gasteiger charge is -2.17. The van der Waals surface area contributed by atoms with Crippen LogP contribution >= 0.6 is 0 Å². The number of hydrogen-bond acceptors (Lipinski definition) is 1. The van der Waals surface area contributed by atoms with Gasteiger partial charge in [-0.1, -0.05) is 36.8 Å². The predicted octanol–water partition coefficient (Wildman–Crippen LogP) is 2.59. The molecule has 2 heteroatoms. The lowest BCUT2D eigenvalue weighted by molar-refractivity contribution is 0.286. The van der Waals surface area contributed by atoms with Gasteiger partial charge in [0.25, 0.3) is 0 Å². The highest BCUT2D eigenvalue weighted by molar-refractivity contribution is 6.51. The molecule has 1 saturated heterocycles. The van der Waals surface area contributed by atoms with Gasteiger partial charge in [-0.2, -0.15) is 0 Å². The van der Waals surface area contributed by atoms with Crippen LogP contribution in [0.25, 0.3) is 0 Å². The first kappa shape index (κ1) is 8.59. The Labute approximate surface area is 68.5 Å². The van der Waals surface area contributed by atoms with Gasteiger partial charge >= 0.3 is 14.5 Å². The van der Waals surface area contributed by atoms with Crippen molar-refractivity contribution in [3.63, 3.8) is 0 Å². The largest absolute Gasteiger partial charge is 0.501 e. The van der Waals surface area contributed by atoms with Crippen LogP contribution in [-0.4, -0.2) is 21.1 Å². The van der Waals surface area contributed by atoms with Crippen molar-refractivity contribution >= 4 is 14.5 Å². The molecule has 1 fully saturated rings. The van der Waals surface area contributed by atoms with E-state index < -0.39 is 14.5 Å². The molecule has 0 bridgehead atoms. The summed E-state index contributed by atoms with van der Waals surface area (Å²) in [6.07, 6.45) is 5.50. The highest BCUT2D eigenvalue weighted by Gasteiger charge is 2.21. The van der Waals surface area contributed by atoms with Crippen LogP contribution in [0.3, 0.4) is 0 Å². The van der Waals surface area contributed by atoms with E-state index in [0.29, 0.717) is 0 Å². The lowest BCUT2D eigenvalue weighted by Crippen LogP contribution is -2.22. The Morgan fingerprint density at radius 3 is 2.90 bits per heavy atom. The molecule has 0 radical (unpaired) electrons. The van der Waals surface area contributed by atoms with Gasteiger partial charge in [-0.25, -0.2) is 0 Å². The zero-order valence-electron chi connectivity index (χ0n) is 6.94. The number of hydrogen-bond donors (Lipinski definition) is 0. The predicted molar refractivity (Wildman–Crippen MR) is 45.5 cm³/mol. The van der Waals surface area contributed by atoms with Gasteiger partial charge in [0.05, 0.1) is 0 Å². The molecule has 0 aromatic rings. The molecular weight excluding hydrogens is 139 g/mol. The Kier molecular flexibility index (Phi) is 4.45. The summed E-state index contributed by atoms with van der Waals surface area (Å²) < 4.78 is 5.72. The fourth-order valence-electron chi connectivity index (χ4n) is 1.47. The average molecular weight is 156 g/mol. The minimum Gasteiger partial charge on any atom is -0.501 e. The molecule has 0 spiro atoms. The molecule has 0 atom stereocenters. The second kappa shape index (κ2) is 5.18. The molecule has 0 aromatic carbocycles. The summed E-state index contributed by atoms with van der Waals surface area (Å²) in [5, 5.41) is 2.87. The average Bonchev–Trinajstić information content (AvgIpc) is 2.03. The van der Waals surface area contributed by atoms with E-state index in [2.05, 4.69) is 6.92 Å². The van der Waals surface area contributed by atoms with E-state index in [-0.39, 0.29) is 0 Å². The van der Waals surface area contributed by atoms with Crippen LogP contribution in [0.2, 0.25) is 10.6 Å². The first-order valence-electron chi connectivity index (χ1n) is 4.55. The van der Waals surface area contributed by atoms with Crippen molar-refractivity contribution < 1.29 is 3.79 Å². The zero-order chi connectivity index (χ0) is 7.23. The summed E-state index contributed by atoms with van der Waals surface area (Å²) in [6, 6.07) is 0. The third-order valence-electron chi connectivity index (χ3n) is 2.15. The fraction of sp³-hybridized carbons (Fsp3) is 1.00. The molecule has 1 aliphatic heterocycles. The van der Waals surface area contributed by atoms with Crippen LogP contribution in [0.5, 0.6) is 0 Å². The molecule has 0 aliphatic carbocycles. The molecule has 1 aliphatic rings. The first-order valence-corrected chi connectivity index (χ1v) is 6.65. The Bertz CT molecular complexity index is 79.3. The number of rotatable bonds is 3. The third kappa shape index (κ3) is 3.05.